The predicted octanol–water partition coefficient (Wildman–Crippen LogP) is 0.207. The third-order valence-electron chi connectivity index (χ3n) is 1.88. The number of benzene rings is 1. The second-order valence-electron chi connectivity index (χ2n) is 3.12. The molecule has 1 aromatic carbocycles. The highest BCUT2D eigenvalue weighted by Gasteiger charge is 2.11. The van der Waals surface area contributed by atoms with Crippen LogP contribution in [0, 0.1) is 0 Å². The molecule has 0 spiro atoms. The molecule has 0 atom stereocenters. The molecular weight excluding hydrogens is 202 g/mol. The van der Waals surface area contributed by atoms with Gasteiger partial charge in [0.05, 0.1) is 10.6 Å². The second-order valence-corrected chi connectivity index (χ2v) is 5.10. The third kappa shape index (κ3) is 2.46. The van der Waals surface area contributed by atoms with Crippen molar-refractivity contribution in [3.63, 3.8) is 0 Å². The molecular formula is C9H13NO3S. The van der Waals surface area contributed by atoms with E-state index in [-0.39, 0.29) is 17.2 Å². The van der Waals surface area contributed by atoms with Crippen LogP contribution in [0.1, 0.15) is 5.56 Å². The van der Waals surface area contributed by atoms with Crippen molar-refractivity contribution in [2.75, 3.05) is 18.6 Å². The molecule has 1 rings (SSSR count). The van der Waals surface area contributed by atoms with Crippen LogP contribution in [-0.2, 0) is 16.3 Å². The molecule has 0 saturated carbocycles. The first-order chi connectivity index (χ1) is 6.45. The summed E-state index contributed by atoms with van der Waals surface area (Å²) in [7, 11) is -3.28. The van der Waals surface area contributed by atoms with Crippen molar-refractivity contribution in [3.8, 4) is 0 Å². The highest BCUT2D eigenvalue weighted by atomic mass is 32.2. The average Bonchev–Trinajstić information content (AvgIpc) is 2.07. The van der Waals surface area contributed by atoms with Gasteiger partial charge in [-0.25, -0.2) is 8.42 Å². The zero-order chi connectivity index (χ0) is 10.8. The maximum Gasteiger partial charge on any atom is 0.177 e. The molecule has 0 heterocycles. The largest absolute Gasteiger partial charge is 0.398 e. The summed E-state index contributed by atoms with van der Waals surface area (Å²) in [5.74, 6) is 0. The van der Waals surface area contributed by atoms with Crippen LogP contribution in [-0.4, -0.2) is 26.4 Å². The average molecular weight is 215 g/mol. The van der Waals surface area contributed by atoms with Crippen molar-refractivity contribution < 1.29 is 13.5 Å². The standard InChI is InChI=1S/C9H13NO3S/c1-14(12,13)9-6-7(4-5-11)2-3-8(9)10/h2-3,6,11H,4-5,10H2,1H3. The van der Waals surface area contributed by atoms with Crippen molar-refractivity contribution in [3.05, 3.63) is 23.8 Å². The van der Waals surface area contributed by atoms with Crippen LogP contribution in [0.2, 0.25) is 0 Å². The topological polar surface area (TPSA) is 80.4 Å². The summed E-state index contributed by atoms with van der Waals surface area (Å²) in [6.07, 6.45) is 1.55. The molecule has 0 bridgehead atoms. The van der Waals surface area contributed by atoms with Crippen molar-refractivity contribution >= 4 is 15.5 Å². The lowest BCUT2D eigenvalue weighted by Gasteiger charge is -2.05. The van der Waals surface area contributed by atoms with Gasteiger partial charge in [-0.2, -0.15) is 0 Å². The Bertz CT molecular complexity index is 426. The van der Waals surface area contributed by atoms with Gasteiger partial charge in [0.1, 0.15) is 0 Å². The smallest absolute Gasteiger partial charge is 0.177 e. The Morgan fingerprint density at radius 1 is 1.43 bits per heavy atom. The van der Waals surface area contributed by atoms with Gasteiger partial charge in [-0.1, -0.05) is 6.07 Å². The fraction of sp³-hybridized carbons (Fsp3) is 0.333. The van der Waals surface area contributed by atoms with Crippen molar-refractivity contribution in [2.24, 2.45) is 0 Å². The molecule has 1 aromatic rings. The molecule has 14 heavy (non-hydrogen) atoms. The van der Waals surface area contributed by atoms with E-state index in [4.69, 9.17) is 10.8 Å². The first-order valence-corrected chi connectivity index (χ1v) is 6.03. The molecule has 0 aromatic heterocycles. The van der Waals surface area contributed by atoms with Crippen LogP contribution >= 0.6 is 0 Å². The predicted molar refractivity (Wildman–Crippen MR) is 54.8 cm³/mol. The summed E-state index contributed by atoms with van der Waals surface area (Å²) in [6.45, 7) is -0.00683. The van der Waals surface area contributed by atoms with Crippen LogP contribution in [0.5, 0.6) is 0 Å². The van der Waals surface area contributed by atoms with E-state index in [1.807, 2.05) is 0 Å². The number of anilines is 1. The Balaban J connectivity index is 3.22. The number of aliphatic hydroxyl groups excluding tert-OH is 1. The Labute approximate surface area is 83.3 Å². The Hall–Kier alpha value is -1.07. The molecule has 0 aliphatic carbocycles. The highest BCUT2D eigenvalue weighted by molar-refractivity contribution is 7.90. The number of rotatable bonds is 3. The molecule has 0 saturated heterocycles. The van der Waals surface area contributed by atoms with E-state index in [0.29, 0.717) is 6.42 Å². The molecule has 0 radical (unpaired) electrons. The van der Waals surface area contributed by atoms with Crippen molar-refractivity contribution in [1.82, 2.24) is 0 Å². The van der Waals surface area contributed by atoms with Crippen LogP contribution in [0.15, 0.2) is 23.1 Å². The first kappa shape index (κ1) is 11.0. The summed E-state index contributed by atoms with van der Waals surface area (Å²) in [5.41, 5.74) is 6.54. The van der Waals surface area contributed by atoms with Gasteiger partial charge in [0.25, 0.3) is 0 Å². The fourth-order valence-electron chi connectivity index (χ4n) is 1.18. The highest BCUT2D eigenvalue weighted by Crippen LogP contribution is 2.19. The van der Waals surface area contributed by atoms with Gasteiger partial charge in [-0.3, -0.25) is 0 Å². The van der Waals surface area contributed by atoms with Crippen LogP contribution in [0.25, 0.3) is 0 Å². The molecule has 0 aliphatic rings. The normalized spacial score (nSPS) is 11.6. The van der Waals surface area contributed by atoms with E-state index < -0.39 is 9.84 Å². The summed E-state index contributed by atoms with van der Waals surface area (Å²) < 4.78 is 22.5. The number of aliphatic hydroxyl groups is 1. The number of nitrogen functional groups attached to an aromatic ring is 1. The maximum atomic E-state index is 11.3. The minimum absolute atomic E-state index is 0.00683. The van der Waals surface area contributed by atoms with Gasteiger partial charge in [0.15, 0.2) is 9.84 Å². The Morgan fingerprint density at radius 3 is 2.57 bits per heavy atom. The van der Waals surface area contributed by atoms with Gasteiger partial charge >= 0.3 is 0 Å². The maximum absolute atomic E-state index is 11.3. The summed E-state index contributed by atoms with van der Waals surface area (Å²) in [5, 5.41) is 8.70. The van der Waals surface area contributed by atoms with Crippen LogP contribution in [0.4, 0.5) is 5.69 Å². The first-order valence-electron chi connectivity index (χ1n) is 4.14. The lowest BCUT2D eigenvalue weighted by molar-refractivity contribution is 0.299. The minimum atomic E-state index is -3.28. The second kappa shape index (κ2) is 3.98. The lowest BCUT2D eigenvalue weighted by Crippen LogP contribution is -2.04. The minimum Gasteiger partial charge on any atom is -0.398 e. The third-order valence-corrected chi connectivity index (χ3v) is 3.03. The van der Waals surface area contributed by atoms with E-state index in [1.165, 1.54) is 6.07 Å². The summed E-state index contributed by atoms with van der Waals surface area (Å²) in [6, 6.07) is 4.75. The molecule has 3 N–H and O–H groups in total. The quantitative estimate of drug-likeness (QED) is 0.706. The molecule has 0 unspecified atom stereocenters. The molecule has 5 heteroatoms. The van der Waals surface area contributed by atoms with E-state index in [1.54, 1.807) is 12.1 Å². The van der Waals surface area contributed by atoms with Crippen molar-refractivity contribution in [2.45, 2.75) is 11.3 Å². The monoisotopic (exact) mass is 215 g/mol. The SMILES string of the molecule is CS(=O)(=O)c1cc(CCO)ccc1N. The zero-order valence-corrected chi connectivity index (χ0v) is 8.71. The molecule has 0 amide bonds. The zero-order valence-electron chi connectivity index (χ0n) is 7.90. The van der Waals surface area contributed by atoms with Crippen LogP contribution < -0.4 is 5.73 Å². The fourth-order valence-corrected chi connectivity index (χ4v) is 2.05. The van der Waals surface area contributed by atoms with Gasteiger partial charge in [0, 0.05) is 12.9 Å². The van der Waals surface area contributed by atoms with E-state index in [0.717, 1.165) is 11.8 Å². The molecule has 0 aliphatic heterocycles. The van der Waals surface area contributed by atoms with Gasteiger partial charge in [-0.05, 0) is 24.1 Å². The molecule has 78 valence electrons. The van der Waals surface area contributed by atoms with Gasteiger partial charge < -0.3 is 10.8 Å². The number of sulfone groups is 1. The van der Waals surface area contributed by atoms with E-state index in [9.17, 15) is 8.42 Å². The van der Waals surface area contributed by atoms with Gasteiger partial charge in [-0.15, -0.1) is 0 Å². The molecule has 0 fully saturated rings. The number of nitrogens with two attached hydrogens (primary N) is 1. The number of hydrogen-bond acceptors (Lipinski definition) is 4. The Morgan fingerprint density at radius 2 is 2.07 bits per heavy atom. The summed E-state index contributed by atoms with van der Waals surface area (Å²) >= 11 is 0. The van der Waals surface area contributed by atoms with Crippen molar-refractivity contribution in [1.29, 1.82) is 0 Å². The lowest BCUT2D eigenvalue weighted by atomic mass is 10.1. The Kier molecular flexibility index (Phi) is 3.13. The van der Waals surface area contributed by atoms with E-state index >= 15 is 0 Å². The molecule has 4 nitrogen and oxygen atoms in total. The van der Waals surface area contributed by atoms with Crippen LogP contribution in [0.3, 0.4) is 0 Å². The number of hydrogen-bond donors (Lipinski definition) is 2. The van der Waals surface area contributed by atoms with Gasteiger partial charge in [0.2, 0.25) is 0 Å². The van der Waals surface area contributed by atoms with E-state index in [2.05, 4.69) is 0 Å². The summed E-state index contributed by atoms with van der Waals surface area (Å²) in [4.78, 5) is 0.128.